The third-order valence-electron chi connectivity index (χ3n) is 1.97. The van der Waals surface area contributed by atoms with Crippen LogP contribution in [0.2, 0.25) is 5.02 Å². The molecule has 0 fully saturated rings. The summed E-state index contributed by atoms with van der Waals surface area (Å²) >= 11 is 7.13. The van der Waals surface area contributed by atoms with Gasteiger partial charge in [-0.2, -0.15) is 0 Å². The minimum absolute atomic E-state index is 0.216. The molecule has 94 valence electrons. The average Bonchev–Trinajstić information content (AvgIpc) is 2.28. The van der Waals surface area contributed by atoms with E-state index in [-0.39, 0.29) is 17.4 Å². The SMILES string of the molecule is COC(=O)CCSc1cc(F)cc(Cl)c1OC. The fourth-order valence-corrected chi connectivity index (χ4v) is 2.54. The van der Waals surface area contributed by atoms with Gasteiger partial charge in [-0.1, -0.05) is 11.6 Å². The normalized spacial score (nSPS) is 10.1. The van der Waals surface area contributed by atoms with Crippen LogP contribution in [-0.2, 0) is 9.53 Å². The molecule has 0 spiro atoms. The summed E-state index contributed by atoms with van der Waals surface area (Å²) in [6.07, 6.45) is 0.248. The molecule has 0 radical (unpaired) electrons. The van der Waals surface area contributed by atoms with Crippen molar-refractivity contribution in [1.82, 2.24) is 0 Å². The summed E-state index contributed by atoms with van der Waals surface area (Å²) in [5.41, 5.74) is 0. The maximum atomic E-state index is 13.2. The molecule has 0 amide bonds. The number of esters is 1. The third-order valence-corrected chi connectivity index (χ3v) is 3.27. The van der Waals surface area contributed by atoms with Crippen LogP contribution < -0.4 is 4.74 Å². The van der Waals surface area contributed by atoms with Gasteiger partial charge in [-0.15, -0.1) is 11.8 Å². The lowest BCUT2D eigenvalue weighted by Crippen LogP contribution is -2.01. The number of hydrogen-bond acceptors (Lipinski definition) is 4. The Morgan fingerprint density at radius 3 is 2.76 bits per heavy atom. The van der Waals surface area contributed by atoms with Crippen molar-refractivity contribution in [2.45, 2.75) is 11.3 Å². The van der Waals surface area contributed by atoms with Gasteiger partial charge in [0, 0.05) is 5.75 Å². The molecule has 1 aromatic rings. The Kier molecular flexibility index (Phi) is 5.58. The first kappa shape index (κ1) is 14.1. The van der Waals surface area contributed by atoms with Crippen molar-refractivity contribution in [2.24, 2.45) is 0 Å². The van der Waals surface area contributed by atoms with E-state index in [1.165, 1.54) is 38.1 Å². The molecule has 17 heavy (non-hydrogen) atoms. The Bertz CT molecular complexity index is 412. The summed E-state index contributed by atoms with van der Waals surface area (Å²) < 4.78 is 22.7. The number of methoxy groups -OCH3 is 2. The van der Waals surface area contributed by atoms with Crippen LogP contribution >= 0.6 is 23.4 Å². The summed E-state index contributed by atoms with van der Waals surface area (Å²) in [5, 5.41) is 0.216. The van der Waals surface area contributed by atoms with Gasteiger partial charge < -0.3 is 9.47 Å². The molecule has 0 aromatic heterocycles. The van der Waals surface area contributed by atoms with Crippen LogP contribution in [0.1, 0.15) is 6.42 Å². The summed E-state index contributed by atoms with van der Waals surface area (Å²) in [6, 6.07) is 2.51. The molecule has 0 atom stereocenters. The highest BCUT2D eigenvalue weighted by atomic mass is 35.5. The number of halogens is 2. The van der Waals surface area contributed by atoms with Gasteiger partial charge in [0.1, 0.15) is 5.82 Å². The fraction of sp³-hybridized carbons (Fsp3) is 0.364. The highest BCUT2D eigenvalue weighted by molar-refractivity contribution is 7.99. The number of hydrogen-bond donors (Lipinski definition) is 0. The van der Waals surface area contributed by atoms with E-state index in [0.29, 0.717) is 16.4 Å². The zero-order valence-corrected chi connectivity index (χ0v) is 11.0. The van der Waals surface area contributed by atoms with Crippen molar-refractivity contribution in [2.75, 3.05) is 20.0 Å². The molecule has 1 rings (SSSR count). The fourth-order valence-electron chi connectivity index (χ4n) is 1.19. The minimum atomic E-state index is -0.434. The van der Waals surface area contributed by atoms with E-state index in [1.54, 1.807) is 0 Å². The Labute approximate surface area is 108 Å². The van der Waals surface area contributed by atoms with Gasteiger partial charge in [0.2, 0.25) is 0 Å². The monoisotopic (exact) mass is 278 g/mol. The van der Waals surface area contributed by atoms with Gasteiger partial charge in [-0.25, -0.2) is 4.39 Å². The topological polar surface area (TPSA) is 35.5 Å². The van der Waals surface area contributed by atoms with Gasteiger partial charge in [0.05, 0.1) is 30.6 Å². The van der Waals surface area contributed by atoms with Crippen LogP contribution in [0.3, 0.4) is 0 Å². The maximum Gasteiger partial charge on any atom is 0.306 e. The lowest BCUT2D eigenvalue weighted by Gasteiger charge is -2.09. The summed E-state index contributed by atoms with van der Waals surface area (Å²) in [7, 11) is 2.79. The van der Waals surface area contributed by atoms with E-state index in [0.717, 1.165) is 0 Å². The van der Waals surface area contributed by atoms with Gasteiger partial charge in [-0.3, -0.25) is 4.79 Å². The Hall–Kier alpha value is -0.940. The lowest BCUT2D eigenvalue weighted by atomic mass is 10.3. The zero-order chi connectivity index (χ0) is 12.8. The molecule has 0 saturated carbocycles. The van der Waals surface area contributed by atoms with Crippen molar-refractivity contribution in [3.05, 3.63) is 23.0 Å². The summed E-state index contributed by atoms with van der Waals surface area (Å²) in [4.78, 5) is 11.5. The van der Waals surface area contributed by atoms with E-state index in [9.17, 15) is 9.18 Å². The van der Waals surface area contributed by atoms with Crippen molar-refractivity contribution in [3.8, 4) is 5.75 Å². The molecule has 1 aromatic carbocycles. The lowest BCUT2D eigenvalue weighted by molar-refractivity contribution is -0.140. The molecule has 0 saturated heterocycles. The largest absolute Gasteiger partial charge is 0.494 e. The van der Waals surface area contributed by atoms with Crippen LogP contribution in [0.4, 0.5) is 4.39 Å². The van der Waals surface area contributed by atoms with Crippen LogP contribution in [-0.4, -0.2) is 25.9 Å². The van der Waals surface area contributed by atoms with Gasteiger partial charge in [-0.05, 0) is 12.1 Å². The standard InChI is InChI=1S/C11H12ClFO3S/c1-15-10(14)3-4-17-9-6-7(13)5-8(12)11(9)16-2/h5-6H,3-4H2,1-2H3. The van der Waals surface area contributed by atoms with Crippen LogP contribution in [0, 0.1) is 5.82 Å². The molecule has 3 nitrogen and oxygen atoms in total. The number of benzene rings is 1. The van der Waals surface area contributed by atoms with E-state index in [2.05, 4.69) is 4.74 Å². The zero-order valence-electron chi connectivity index (χ0n) is 9.46. The predicted octanol–water partition coefficient (Wildman–Crippen LogP) is 3.14. The summed E-state index contributed by atoms with van der Waals surface area (Å²) in [5.74, 6) is 0.154. The second-order valence-electron chi connectivity index (χ2n) is 3.09. The molecular formula is C11H12ClFO3S. The second kappa shape index (κ2) is 6.71. The number of carbonyl (C=O) groups is 1. The van der Waals surface area contributed by atoms with E-state index in [4.69, 9.17) is 16.3 Å². The predicted molar refractivity (Wildman–Crippen MR) is 65.3 cm³/mol. The Morgan fingerprint density at radius 1 is 1.47 bits per heavy atom. The van der Waals surface area contributed by atoms with Crippen molar-refractivity contribution in [1.29, 1.82) is 0 Å². The number of ether oxygens (including phenoxy) is 2. The minimum Gasteiger partial charge on any atom is -0.494 e. The van der Waals surface area contributed by atoms with E-state index in [1.807, 2.05) is 0 Å². The first-order valence-corrected chi connectivity index (χ1v) is 6.17. The second-order valence-corrected chi connectivity index (χ2v) is 4.64. The maximum absolute atomic E-state index is 13.2. The highest BCUT2D eigenvalue weighted by Gasteiger charge is 2.11. The van der Waals surface area contributed by atoms with Gasteiger partial charge >= 0.3 is 5.97 Å². The number of thioether (sulfide) groups is 1. The molecule has 0 bridgehead atoms. The summed E-state index contributed by atoms with van der Waals surface area (Å²) in [6.45, 7) is 0. The Balaban J connectivity index is 2.72. The smallest absolute Gasteiger partial charge is 0.306 e. The first-order chi connectivity index (χ1) is 8.08. The quantitative estimate of drug-likeness (QED) is 0.612. The molecule has 6 heteroatoms. The molecule has 0 aliphatic heterocycles. The molecule has 0 aliphatic rings. The van der Waals surface area contributed by atoms with Crippen LogP contribution in [0.25, 0.3) is 0 Å². The first-order valence-electron chi connectivity index (χ1n) is 4.81. The van der Waals surface area contributed by atoms with Crippen molar-refractivity contribution in [3.63, 3.8) is 0 Å². The molecule has 0 N–H and O–H groups in total. The average molecular weight is 279 g/mol. The van der Waals surface area contributed by atoms with Crippen LogP contribution in [0.5, 0.6) is 5.75 Å². The molecular weight excluding hydrogens is 267 g/mol. The van der Waals surface area contributed by atoms with Gasteiger partial charge in [0.25, 0.3) is 0 Å². The van der Waals surface area contributed by atoms with Crippen molar-refractivity contribution < 1.29 is 18.7 Å². The molecule has 0 unspecified atom stereocenters. The number of rotatable bonds is 5. The molecule has 0 heterocycles. The van der Waals surface area contributed by atoms with E-state index < -0.39 is 5.82 Å². The number of carbonyl (C=O) groups excluding carboxylic acids is 1. The third kappa shape index (κ3) is 4.09. The highest BCUT2D eigenvalue weighted by Crippen LogP contribution is 2.36. The van der Waals surface area contributed by atoms with E-state index >= 15 is 0 Å². The Morgan fingerprint density at radius 2 is 2.18 bits per heavy atom. The van der Waals surface area contributed by atoms with Crippen LogP contribution in [0.15, 0.2) is 17.0 Å². The molecule has 0 aliphatic carbocycles. The van der Waals surface area contributed by atoms with Gasteiger partial charge in [0.15, 0.2) is 5.75 Å². The van der Waals surface area contributed by atoms with Crippen molar-refractivity contribution >= 4 is 29.3 Å².